The van der Waals surface area contributed by atoms with Gasteiger partial charge in [0, 0.05) is 25.7 Å². The Balaban J connectivity index is 1.20. The van der Waals surface area contributed by atoms with Crippen molar-refractivity contribution in [1.82, 2.24) is 14.5 Å². The van der Waals surface area contributed by atoms with Crippen molar-refractivity contribution in [2.45, 2.75) is 76.3 Å². The fourth-order valence-corrected chi connectivity index (χ4v) is 8.85. The standard InChI is InChI=1S/C33H48FN3O5S/c1-22-18-30(41-6)23(2)24(3)33(22)43(39,40)37-16-14-29(15-17-37)42-21-31(38)35-20-25-10-12-26(13-11-25)32(36(4)5)27-8-7-9-28(34)19-27/h7-9,18-19,25-26,29,32H,10-17,20-21H2,1-6H3,(H,35,38). The molecule has 1 aliphatic heterocycles. The predicted octanol–water partition coefficient (Wildman–Crippen LogP) is 5.15. The molecular weight excluding hydrogens is 569 g/mol. The number of aryl methyl sites for hydroxylation is 1. The van der Waals surface area contributed by atoms with Crippen LogP contribution in [0.1, 0.15) is 66.8 Å². The van der Waals surface area contributed by atoms with Crippen LogP contribution < -0.4 is 10.1 Å². The summed E-state index contributed by atoms with van der Waals surface area (Å²) < 4.78 is 53.7. The molecule has 43 heavy (non-hydrogen) atoms. The number of piperidine rings is 1. The second-order valence-electron chi connectivity index (χ2n) is 12.4. The number of carbonyl (C=O) groups excluding carboxylic acids is 1. The van der Waals surface area contributed by atoms with Gasteiger partial charge in [0.05, 0.1) is 18.1 Å². The van der Waals surface area contributed by atoms with E-state index in [0.717, 1.165) is 36.8 Å². The third-order valence-corrected chi connectivity index (χ3v) is 11.5. The molecule has 1 atom stereocenters. The van der Waals surface area contributed by atoms with Crippen molar-refractivity contribution in [2.24, 2.45) is 11.8 Å². The Morgan fingerprint density at radius 2 is 1.72 bits per heavy atom. The molecule has 10 heteroatoms. The Bertz CT molecular complexity index is 1370. The average Bonchev–Trinajstić information content (AvgIpc) is 2.97. The van der Waals surface area contributed by atoms with Crippen LogP contribution in [0.3, 0.4) is 0 Å². The minimum absolute atomic E-state index is 0.0229. The topological polar surface area (TPSA) is 88.2 Å². The van der Waals surface area contributed by atoms with Crippen LogP contribution >= 0.6 is 0 Å². The smallest absolute Gasteiger partial charge is 0.246 e. The van der Waals surface area contributed by atoms with E-state index < -0.39 is 10.0 Å². The van der Waals surface area contributed by atoms with Crippen LogP contribution in [-0.4, -0.2) is 77.1 Å². The monoisotopic (exact) mass is 617 g/mol. The number of nitrogens with zero attached hydrogens (tertiary/aromatic N) is 2. The number of halogens is 1. The molecule has 2 aromatic carbocycles. The van der Waals surface area contributed by atoms with E-state index in [9.17, 15) is 17.6 Å². The second-order valence-corrected chi connectivity index (χ2v) is 14.3. The van der Waals surface area contributed by atoms with Gasteiger partial charge in [0.1, 0.15) is 18.2 Å². The summed E-state index contributed by atoms with van der Waals surface area (Å²) in [6, 6.07) is 8.87. The van der Waals surface area contributed by atoms with E-state index in [1.165, 1.54) is 10.4 Å². The molecule has 1 saturated heterocycles. The number of amides is 1. The molecule has 1 unspecified atom stereocenters. The van der Waals surface area contributed by atoms with Crippen LogP contribution in [0.4, 0.5) is 4.39 Å². The zero-order chi connectivity index (χ0) is 31.3. The van der Waals surface area contributed by atoms with Gasteiger partial charge in [-0.15, -0.1) is 0 Å². The molecule has 2 fully saturated rings. The number of carbonyl (C=O) groups is 1. The normalized spacial score (nSPS) is 21.1. The molecule has 1 heterocycles. The maximum absolute atomic E-state index is 13.9. The van der Waals surface area contributed by atoms with Gasteiger partial charge in [-0.2, -0.15) is 4.31 Å². The van der Waals surface area contributed by atoms with Crippen molar-refractivity contribution >= 4 is 15.9 Å². The molecule has 8 nitrogen and oxygen atoms in total. The average molecular weight is 618 g/mol. The highest BCUT2D eigenvalue weighted by atomic mass is 32.2. The summed E-state index contributed by atoms with van der Waals surface area (Å²) in [5, 5.41) is 3.04. The third-order valence-electron chi connectivity index (χ3n) is 9.32. The first-order valence-electron chi connectivity index (χ1n) is 15.4. The number of hydrogen-bond acceptors (Lipinski definition) is 6. The van der Waals surface area contributed by atoms with E-state index >= 15 is 0 Å². The number of methoxy groups -OCH3 is 1. The molecule has 4 rings (SSSR count). The highest BCUT2D eigenvalue weighted by Gasteiger charge is 2.33. The number of sulfonamides is 1. The van der Waals surface area contributed by atoms with Crippen LogP contribution in [0.5, 0.6) is 5.75 Å². The largest absolute Gasteiger partial charge is 0.496 e. The highest BCUT2D eigenvalue weighted by Crippen LogP contribution is 2.39. The molecule has 2 aromatic rings. The Labute approximate surface area is 257 Å². The van der Waals surface area contributed by atoms with Gasteiger partial charge in [0.2, 0.25) is 15.9 Å². The Morgan fingerprint density at radius 3 is 2.33 bits per heavy atom. The van der Waals surface area contributed by atoms with Gasteiger partial charge in [0.15, 0.2) is 0 Å². The van der Waals surface area contributed by atoms with Gasteiger partial charge in [-0.1, -0.05) is 12.1 Å². The Kier molecular flexibility index (Phi) is 11.3. The van der Waals surface area contributed by atoms with Crippen molar-refractivity contribution in [3.05, 3.63) is 58.4 Å². The molecule has 1 aliphatic carbocycles. The lowest BCUT2D eigenvalue weighted by Crippen LogP contribution is -2.42. The molecule has 2 aliphatic rings. The molecule has 1 N–H and O–H groups in total. The SMILES string of the molecule is COc1cc(C)c(S(=O)(=O)N2CCC(OCC(=O)NCC3CCC(C(c4cccc(F)c4)N(C)C)CC3)CC2)c(C)c1C. The fourth-order valence-electron chi connectivity index (χ4n) is 6.89. The number of hydrogen-bond donors (Lipinski definition) is 1. The second kappa shape index (κ2) is 14.5. The van der Waals surface area contributed by atoms with Gasteiger partial charge in [0.25, 0.3) is 0 Å². The van der Waals surface area contributed by atoms with E-state index in [1.807, 2.05) is 34.0 Å². The van der Waals surface area contributed by atoms with Crippen LogP contribution in [-0.2, 0) is 19.6 Å². The van der Waals surface area contributed by atoms with Gasteiger partial charge in [-0.25, -0.2) is 12.8 Å². The predicted molar refractivity (Wildman–Crippen MR) is 166 cm³/mol. The van der Waals surface area contributed by atoms with E-state index in [-0.39, 0.29) is 30.5 Å². The van der Waals surface area contributed by atoms with Gasteiger partial charge < -0.3 is 19.7 Å². The summed E-state index contributed by atoms with van der Waals surface area (Å²) in [5.74, 6) is 1.21. The summed E-state index contributed by atoms with van der Waals surface area (Å²) >= 11 is 0. The lowest BCUT2D eigenvalue weighted by Gasteiger charge is -2.37. The van der Waals surface area contributed by atoms with Crippen LogP contribution in [0.15, 0.2) is 35.2 Å². The van der Waals surface area contributed by atoms with Crippen LogP contribution in [0, 0.1) is 38.4 Å². The summed E-state index contributed by atoms with van der Waals surface area (Å²) in [6.45, 7) is 6.80. The molecule has 238 valence electrons. The zero-order valence-corrected chi connectivity index (χ0v) is 27.3. The molecule has 1 amide bonds. The summed E-state index contributed by atoms with van der Waals surface area (Å²) in [7, 11) is 2.03. The first-order chi connectivity index (χ1) is 20.4. The van der Waals surface area contributed by atoms with Crippen molar-refractivity contribution < 1.29 is 27.1 Å². The maximum atomic E-state index is 13.9. The minimum Gasteiger partial charge on any atom is -0.496 e. The van der Waals surface area contributed by atoms with E-state index in [0.29, 0.717) is 66.1 Å². The molecule has 0 spiro atoms. The molecule has 0 radical (unpaired) electrons. The molecule has 0 bridgehead atoms. The number of benzene rings is 2. The van der Waals surface area contributed by atoms with Gasteiger partial charge in [-0.05, 0) is 126 Å². The number of nitrogens with one attached hydrogen (secondary N) is 1. The van der Waals surface area contributed by atoms with Crippen molar-refractivity contribution in [1.29, 1.82) is 0 Å². The number of rotatable bonds is 11. The summed E-state index contributed by atoms with van der Waals surface area (Å²) in [4.78, 5) is 15.1. The molecule has 0 aromatic heterocycles. The maximum Gasteiger partial charge on any atom is 0.246 e. The van der Waals surface area contributed by atoms with Gasteiger partial charge >= 0.3 is 0 Å². The van der Waals surface area contributed by atoms with Gasteiger partial charge in [-0.3, -0.25) is 4.79 Å². The van der Waals surface area contributed by atoms with E-state index in [1.54, 1.807) is 32.2 Å². The lowest BCUT2D eigenvalue weighted by atomic mass is 9.76. The molecule has 1 saturated carbocycles. The third kappa shape index (κ3) is 7.95. The van der Waals surface area contributed by atoms with Crippen LogP contribution in [0.25, 0.3) is 0 Å². The first kappa shape index (κ1) is 33.4. The lowest BCUT2D eigenvalue weighted by molar-refractivity contribution is -0.128. The summed E-state index contributed by atoms with van der Waals surface area (Å²) in [6.07, 6.45) is 5.04. The number of ether oxygens (including phenoxy) is 2. The summed E-state index contributed by atoms with van der Waals surface area (Å²) in [5.41, 5.74) is 3.23. The molecular formula is C33H48FN3O5S. The van der Waals surface area contributed by atoms with Crippen molar-refractivity contribution in [3.8, 4) is 5.75 Å². The Hall–Kier alpha value is -2.53. The Morgan fingerprint density at radius 1 is 1.05 bits per heavy atom. The van der Waals surface area contributed by atoms with Crippen molar-refractivity contribution in [3.63, 3.8) is 0 Å². The minimum atomic E-state index is -3.66. The highest BCUT2D eigenvalue weighted by molar-refractivity contribution is 7.89. The van der Waals surface area contributed by atoms with Crippen molar-refractivity contribution in [2.75, 3.05) is 47.4 Å². The van der Waals surface area contributed by atoms with Crippen LogP contribution in [0.2, 0.25) is 0 Å². The van der Waals surface area contributed by atoms with E-state index in [4.69, 9.17) is 9.47 Å². The quantitative estimate of drug-likeness (QED) is 0.375. The zero-order valence-electron chi connectivity index (χ0n) is 26.5. The fraction of sp³-hybridized carbons (Fsp3) is 0.606. The van der Waals surface area contributed by atoms with E-state index in [2.05, 4.69) is 10.2 Å². The first-order valence-corrected chi connectivity index (χ1v) is 16.8.